The maximum Gasteiger partial charge on any atom is 0.573 e. The molecule has 1 atom stereocenters. The molecule has 0 N–H and O–H groups in total. The van der Waals surface area contributed by atoms with Gasteiger partial charge in [0, 0.05) is 24.5 Å². The Hall–Kier alpha value is -2.77. The number of rotatable bonds is 4. The van der Waals surface area contributed by atoms with Crippen molar-refractivity contribution in [3.63, 3.8) is 0 Å². The minimum absolute atomic E-state index is 0.136. The molecule has 1 amide bonds. The zero-order chi connectivity index (χ0) is 18.6. The number of hydrogen-bond donors (Lipinski definition) is 0. The van der Waals surface area contributed by atoms with Gasteiger partial charge in [0.2, 0.25) is 0 Å². The van der Waals surface area contributed by atoms with Crippen molar-refractivity contribution >= 4 is 5.91 Å². The highest BCUT2D eigenvalue weighted by Crippen LogP contribution is 2.24. The Morgan fingerprint density at radius 3 is 2.42 bits per heavy atom. The first-order chi connectivity index (χ1) is 12.4. The number of ether oxygens (including phenoxy) is 2. The molecule has 2 aromatic rings. The number of likely N-dealkylation sites (tertiary alicyclic amines) is 1. The van der Waals surface area contributed by atoms with Crippen LogP contribution in [0.5, 0.6) is 11.5 Å². The van der Waals surface area contributed by atoms with Gasteiger partial charge in [0.25, 0.3) is 5.91 Å². The SMILES string of the molecule is O=C(c1ccc(OC(F)(F)F)cc1)N1CCC[C@@H](Oc2ccncc2)C1. The molecule has 5 nitrogen and oxygen atoms in total. The highest BCUT2D eigenvalue weighted by atomic mass is 19.4. The molecular formula is C18H17F3N2O3. The number of carbonyl (C=O) groups excluding carboxylic acids is 1. The summed E-state index contributed by atoms with van der Waals surface area (Å²) < 4.78 is 46.3. The van der Waals surface area contributed by atoms with Crippen LogP contribution in [0, 0.1) is 0 Å². The van der Waals surface area contributed by atoms with Gasteiger partial charge in [-0.2, -0.15) is 0 Å². The third-order valence-electron chi connectivity index (χ3n) is 3.95. The zero-order valence-corrected chi connectivity index (χ0v) is 13.8. The second-order valence-electron chi connectivity index (χ2n) is 5.89. The lowest BCUT2D eigenvalue weighted by atomic mass is 10.1. The van der Waals surface area contributed by atoms with E-state index in [-0.39, 0.29) is 17.8 Å². The van der Waals surface area contributed by atoms with Gasteiger partial charge >= 0.3 is 6.36 Å². The van der Waals surface area contributed by atoms with E-state index in [1.54, 1.807) is 29.4 Å². The van der Waals surface area contributed by atoms with Crippen LogP contribution in [0.3, 0.4) is 0 Å². The molecule has 8 heteroatoms. The summed E-state index contributed by atoms with van der Waals surface area (Å²) in [5.74, 6) is 0.0890. The number of hydrogen-bond acceptors (Lipinski definition) is 4. The molecule has 1 aliphatic heterocycles. The van der Waals surface area contributed by atoms with E-state index in [9.17, 15) is 18.0 Å². The van der Waals surface area contributed by atoms with Crippen LogP contribution in [-0.4, -0.2) is 41.3 Å². The first-order valence-electron chi connectivity index (χ1n) is 8.12. The quantitative estimate of drug-likeness (QED) is 0.829. The molecule has 1 aromatic carbocycles. The minimum atomic E-state index is -4.75. The van der Waals surface area contributed by atoms with Crippen LogP contribution in [0.4, 0.5) is 13.2 Å². The maximum atomic E-state index is 12.6. The highest BCUT2D eigenvalue weighted by Gasteiger charge is 2.31. The maximum absolute atomic E-state index is 12.6. The van der Waals surface area contributed by atoms with Crippen molar-refractivity contribution in [1.29, 1.82) is 0 Å². The topological polar surface area (TPSA) is 51.7 Å². The molecule has 2 heterocycles. The second-order valence-corrected chi connectivity index (χ2v) is 5.89. The van der Waals surface area contributed by atoms with E-state index in [1.807, 2.05) is 0 Å². The number of benzene rings is 1. The minimum Gasteiger partial charge on any atom is -0.488 e. The van der Waals surface area contributed by atoms with Crippen LogP contribution in [0.25, 0.3) is 0 Å². The lowest BCUT2D eigenvalue weighted by molar-refractivity contribution is -0.274. The van der Waals surface area contributed by atoms with Crippen LogP contribution in [-0.2, 0) is 0 Å². The van der Waals surface area contributed by atoms with Gasteiger partial charge in [0.05, 0.1) is 6.54 Å². The summed E-state index contributed by atoms with van der Waals surface area (Å²) in [5, 5.41) is 0. The van der Waals surface area contributed by atoms with E-state index >= 15 is 0 Å². The molecule has 1 saturated heterocycles. The second kappa shape index (κ2) is 7.63. The molecule has 1 aliphatic rings. The summed E-state index contributed by atoms with van der Waals surface area (Å²) in [6.45, 7) is 0.998. The van der Waals surface area contributed by atoms with Gasteiger partial charge in [-0.15, -0.1) is 13.2 Å². The van der Waals surface area contributed by atoms with E-state index in [1.165, 1.54) is 12.1 Å². The Morgan fingerprint density at radius 2 is 1.77 bits per heavy atom. The van der Waals surface area contributed by atoms with Crippen molar-refractivity contribution in [2.24, 2.45) is 0 Å². The smallest absolute Gasteiger partial charge is 0.488 e. The summed E-state index contributed by atoms with van der Waals surface area (Å²) in [5.41, 5.74) is 0.309. The Kier molecular flexibility index (Phi) is 5.29. The van der Waals surface area contributed by atoms with Crippen LogP contribution in [0.15, 0.2) is 48.8 Å². The fourth-order valence-electron chi connectivity index (χ4n) is 2.81. The molecule has 3 rings (SSSR count). The third-order valence-corrected chi connectivity index (χ3v) is 3.95. The first-order valence-corrected chi connectivity index (χ1v) is 8.12. The van der Waals surface area contributed by atoms with E-state index < -0.39 is 6.36 Å². The van der Waals surface area contributed by atoms with Gasteiger partial charge in [-0.3, -0.25) is 9.78 Å². The molecule has 0 aliphatic carbocycles. The summed E-state index contributed by atoms with van der Waals surface area (Å²) >= 11 is 0. The molecule has 0 spiro atoms. The van der Waals surface area contributed by atoms with Gasteiger partial charge < -0.3 is 14.4 Å². The summed E-state index contributed by atoms with van der Waals surface area (Å²) in [6, 6.07) is 8.43. The summed E-state index contributed by atoms with van der Waals surface area (Å²) in [4.78, 5) is 18.2. The van der Waals surface area contributed by atoms with Gasteiger partial charge in [-0.1, -0.05) is 0 Å². The summed E-state index contributed by atoms with van der Waals surface area (Å²) in [7, 11) is 0. The van der Waals surface area contributed by atoms with E-state index in [2.05, 4.69) is 9.72 Å². The molecule has 1 fully saturated rings. The van der Waals surface area contributed by atoms with Crippen LogP contribution < -0.4 is 9.47 Å². The number of aromatic nitrogens is 1. The largest absolute Gasteiger partial charge is 0.573 e. The molecule has 138 valence electrons. The van der Waals surface area contributed by atoms with Crippen LogP contribution >= 0.6 is 0 Å². The standard InChI is InChI=1S/C18H17F3N2O3/c19-18(20,21)26-15-5-3-13(4-6-15)17(24)23-11-1-2-16(12-23)25-14-7-9-22-10-8-14/h3-10,16H,1-2,11-12H2/t16-/m1/s1. The Morgan fingerprint density at radius 1 is 1.08 bits per heavy atom. The monoisotopic (exact) mass is 366 g/mol. The predicted molar refractivity (Wildman–Crippen MR) is 86.9 cm³/mol. The third kappa shape index (κ3) is 4.87. The van der Waals surface area contributed by atoms with Crippen molar-refractivity contribution < 1.29 is 27.4 Å². The lowest BCUT2D eigenvalue weighted by Gasteiger charge is -2.33. The number of halogens is 3. The van der Waals surface area contributed by atoms with Crippen molar-refractivity contribution in [3.05, 3.63) is 54.4 Å². The Bertz CT molecular complexity index is 736. The molecule has 1 aromatic heterocycles. The molecule has 0 radical (unpaired) electrons. The fourth-order valence-corrected chi connectivity index (χ4v) is 2.81. The Balaban J connectivity index is 1.62. The first kappa shape index (κ1) is 18.0. The number of piperidine rings is 1. The number of amides is 1. The van der Waals surface area contributed by atoms with E-state index in [0.29, 0.717) is 24.4 Å². The van der Waals surface area contributed by atoms with Gasteiger partial charge in [-0.25, -0.2) is 0 Å². The molecule has 26 heavy (non-hydrogen) atoms. The molecule has 0 saturated carbocycles. The highest BCUT2D eigenvalue weighted by molar-refractivity contribution is 5.94. The van der Waals surface area contributed by atoms with Crippen molar-refractivity contribution in [2.75, 3.05) is 13.1 Å². The number of carbonyl (C=O) groups is 1. The van der Waals surface area contributed by atoms with Crippen molar-refractivity contribution in [2.45, 2.75) is 25.3 Å². The van der Waals surface area contributed by atoms with E-state index in [4.69, 9.17) is 4.74 Å². The van der Waals surface area contributed by atoms with Gasteiger partial charge in [0.1, 0.15) is 17.6 Å². The number of pyridine rings is 1. The fraction of sp³-hybridized carbons (Fsp3) is 0.333. The van der Waals surface area contributed by atoms with Gasteiger partial charge in [-0.05, 0) is 49.2 Å². The molecular weight excluding hydrogens is 349 g/mol. The van der Waals surface area contributed by atoms with Crippen LogP contribution in [0.1, 0.15) is 23.2 Å². The lowest BCUT2D eigenvalue weighted by Crippen LogP contribution is -2.44. The number of nitrogens with zero attached hydrogens (tertiary/aromatic N) is 2. The van der Waals surface area contributed by atoms with Crippen molar-refractivity contribution in [3.8, 4) is 11.5 Å². The Labute approximate surface area is 148 Å². The van der Waals surface area contributed by atoms with Gasteiger partial charge in [0.15, 0.2) is 0 Å². The molecule has 0 bridgehead atoms. The number of alkyl halides is 3. The summed E-state index contributed by atoms with van der Waals surface area (Å²) in [6.07, 6.45) is -0.0167. The zero-order valence-electron chi connectivity index (χ0n) is 13.8. The van der Waals surface area contributed by atoms with Crippen molar-refractivity contribution in [1.82, 2.24) is 9.88 Å². The normalized spacial score (nSPS) is 17.7. The predicted octanol–water partition coefficient (Wildman–Crippen LogP) is 3.66. The van der Waals surface area contributed by atoms with E-state index in [0.717, 1.165) is 25.0 Å². The molecule has 0 unspecified atom stereocenters. The average molecular weight is 366 g/mol. The van der Waals surface area contributed by atoms with Crippen LogP contribution in [0.2, 0.25) is 0 Å². The average Bonchev–Trinajstić information content (AvgIpc) is 2.61.